The van der Waals surface area contributed by atoms with Crippen molar-refractivity contribution in [2.75, 3.05) is 18.4 Å². The number of benzene rings is 1. The number of phenolic OH excluding ortho intramolecular Hbond substituents is 1. The van der Waals surface area contributed by atoms with Gasteiger partial charge in [-0.1, -0.05) is 6.42 Å². The van der Waals surface area contributed by atoms with E-state index in [1.54, 1.807) is 12.1 Å². The van der Waals surface area contributed by atoms with Crippen LogP contribution in [-0.2, 0) is 6.18 Å². The zero-order valence-electron chi connectivity index (χ0n) is 14.4. The minimum absolute atomic E-state index is 0.256. The lowest BCUT2D eigenvalue weighted by Gasteiger charge is -2.23. The van der Waals surface area contributed by atoms with Crippen molar-refractivity contribution in [2.45, 2.75) is 38.4 Å². The molecule has 5 nitrogen and oxygen atoms in total. The molecule has 0 aliphatic carbocycles. The Morgan fingerprint density at radius 2 is 2.04 bits per heavy atom. The summed E-state index contributed by atoms with van der Waals surface area (Å²) < 4.78 is 38.5. The van der Waals surface area contributed by atoms with E-state index in [0.717, 1.165) is 25.6 Å². The second-order valence-electron chi connectivity index (χ2n) is 6.52. The van der Waals surface area contributed by atoms with Gasteiger partial charge in [0.2, 0.25) is 0 Å². The van der Waals surface area contributed by atoms with Gasteiger partial charge in [-0.05, 0) is 56.1 Å². The van der Waals surface area contributed by atoms with E-state index in [9.17, 15) is 18.3 Å². The van der Waals surface area contributed by atoms with Gasteiger partial charge in [0.1, 0.15) is 11.6 Å². The summed E-state index contributed by atoms with van der Waals surface area (Å²) in [6.07, 6.45) is -0.998. The number of halogens is 3. The summed E-state index contributed by atoms with van der Waals surface area (Å²) in [5, 5.41) is 24.8. The molecule has 0 saturated carbocycles. The fourth-order valence-electron chi connectivity index (χ4n) is 3.15. The molecule has 1 atom stereocenters. The van der Waals surface area contributed by atoms with Crippen LogP contribution in [0.1, 0.15) is 30.4 Å². The van der Waals surface area contributed by atoms with Crippen molar-refractivity contribution in [1.82, 2.24) is 15.5 Å². The highest BCUT2D eigenvalue weighted by Crippen LogP contribution is 2.38. The molecule has 0 bridgehead atoms. The summed E-state index contributed by atoms with van der Waals surface area (Å²) in [7, 11) is 0. The number of hydrogen-bond acceptors (Lipinski definition) is 5. The molecule has 1 aromatic carbocycles. The maximum absolute atomic E-state index is 12.8. The molecule has 2 heterocycles. The normalized spacial score (nSPS) is 17.9. The Kier molecular flexibility index (Phi) is 5.31. The van der Waals surface area contributed by atoms with Crippen molar-refractivity contribution in [2.24, 2.45) is 0 Å². The van der Waals surface area contributed by atoms with Crippen molar-refractivity contribution >= 4 is 5.82 Å². The van der Waals surface area contributed by atoms with Crippen LogP contribution >= 0.6 is 0 Å². The first-order chi connectivity index (χ1) is 12.3. The first kappa shape index (κ1) is 18.4. The second-order valence-corrected chi connectivity index (χ2v) is 6.52. The predicted molar refractivity (Wildman–Crippen MR) is 93.0 cm³/mol. The Labute approximate surface area is 149 Å². The number of alkyl halides is 3. The molecular weight excluding hydrogens is 345 g/mol. The number of aryl methyl sites for hydroxylation is 1. The number of piperidine rings is 1. The number of nitrogens with zero attached hydrogens (tertiary/aromatic N) is 2. The van der Waals surface area contributed by atoms with E-state index in [1.807, 2.05) is 0 Å². The lowest BCUT2D eigenvalue weighted by molar-refractivity contribution is -0.137. The van der Waals surface area contributed by atoms with Gasteiger partial charge in [0.15, 0.2) is 0 Å². The predicted octanol–water partition coefficient (Wildman–Crippen LogP) is 3.73. The maximum Gasteiger partial charge on any atom is 0.416 e. The third-order valence-electron chi connectivity index (χ3n) is 4.50. The van der Waals surface area contributed by atoms with Gasteiger partial charge >= 0.3 is 6.18 Å². The third kappa shape index (κ3) is 4.24. The highest BCUT2D eigenvalue weighted by molar-refractivity contribution is 5.71. The van der Waals surface area contributed by atoms with E-state index in [0.29, 0.717) is 29.2 Å². The first-order valence-electron chi connectivity index (χ1n) is 8.57. The van der Waals surface area contributed by atoms with E-state index >= 15 is 0 Å². The molecule has 0 amide bonds. The van der Waals surface area contributed by atoms with Crippen LogP contribution in [0.5, 0.6) is 5.75 Å². The van der Waals surface area contributed by atoms with Crippen LogP contribution in [-0.4, -0.2) is 34.4 Å². The molecule has 1 aliphatic rings. The van der Waals surface area contributed by atoms with E-state index in [4.69, 9.17) is 0 Å². The molecule has 1 fully saturated rings. The smallest absolute Gasteiger partial charge is 0.416 e. The summed E-state index contributed by atoms with van der Waals surface area (Å²) >= 11 is 0. The van der Waals surface area contributed by atoms with Gasteiger partial charge in [-0.2, -0.15) is 13.2 Å². The molecule has 0 spiro atoms. The van der Waals surface area contributed by atoms with Crippen LogP contribution in [0.25, 0.3) is 11.3 Å². The molecule has 3 N–H and O–H groups in total. The molecule has 140 valence electrons. The SMILES string of the molecule is Cc1cc(C(F)(F)F)cc(O)c1-c1ccc(NCC2CCCCN2)nn1. The van der Waals surface area contributed by atoms with Crippen LogP contribution < -0.4 is 10.6 Å². The Balaban J connectivity index is 1.74. The maximum atomic E-state index is 12.8. The monoisotopic (exact) mass is 366 g/mol. The highest BCUT2D eigenvalue weighted by Gasteiger charge is 2.32. The van der Waals surface area contributed by atoms with Gasteiger partial charge in [0.05, 0.1) is 11.3 Å². The van der Waals surface area contributed by atoms with Crippen molar-refractivity contribution in [3.8, 4) is 17.0 Å². The minimum Gasteiger partial charge on any atom is -0.507 e. The van der Waals surface area contributed by atoms with E-state index in [-0.39, 0.29) is 5.56 Å². The standard InChI is InChI=1S/C18H21F3N4O/c1-11-8-12(18(19,20)21)9-15(26)17(11)14-5-6-16(25-24-14)23-10-13-4-2-3-7-22-13/h5-6,8-9,13,22,26H,2-4,7,10H2,1H3,(H,23,25). The average Bonchev–Trinajstić information content (AvgIpc) is 2.60. The van der Waals surface area contributed by atoms with Crippen LogP contribution in [0, 0.1) is 6.92 Å². The second kappa shape index (κ2) is 7.49. The molecule has 1 saturated heterocycles. The van der Waals surface area contributed by atoms with Gasteiger partial charge in [-0.25, -0.2) is 0 Å². The molecule has 1 aromatic heterocycles. The molecule has 0 radical (unpaired) electrons. The number of phenols is 1. The fraction of sp³-hybridized carbons (Fsp3) is 0.444. The number of aromatic nitrogens is 2. The lowest BCUT2D eigenvalue weighted by Crippen LogP contribution is -2.39. The first-order valence-corrected chi connectivity index (χ1v) is 8.57. The quantitative estimate of drug-likeness (QED) is 0.769. The molecule has 26 heavy (non-hydrogen) atoms. The summed E-state index contributed by atoms with van der Waals surface area (Å²) in [4.78, 5) is 0. The molecule has 8 heteroatoms. The molecule has 3 rings (SSSR count). The van der Waals surface area contributed by atoms with E-state index in [2.05, 4.69) is 20.8 Å². The minimum atomic E-state index is -4.51. The molecule has 1 aliphatic heterocycles. The highest BCUT2D eigenvalue weighted by atomic mass is 19.4. The van der Waals surface area contributed by atoms with Crippen LogP contribution in [0.3, 0.4) is 0 Å². The zero-order valence-corrected chi connectivity index (χ0v) is 14.4. The molecule has 1 unspecified atom stereocenters. The summed E-state index contributed by atoms with van der Waals surface area (Å²) in [6.45, 7) is 3.26. The van der Waals surface area contributed by atoms with Crippen LogP contribution in [0.2, 0.25) is 0 Å². The lowest BCUT2D eigenvalue weighted by atomic mass is 10.0. The fourth-order valence-corrected chi connectivity index (χ4v) is 3.15. The van der Waals surface area contributed by atoms with Gasteiger partial charge in [-0.15, -0.1) is 10.2 Å². The van der Waals surface area contributed by atoms with Crippen molar-refractivity contribution < 1.29 is 18.3 Å². The number of rotatable bonds is 4. The van der Waals surface area contributed by atoms with E-state index in [1.165, 1.54) is 19.8 Å². The van der Waals surface area contributed by atoms with Crippen molar-refractivity contribution in [3.63, 3.8) is 0 Å². The third-order valence-corrected chi connectivity index (χ3v) is 4.50. The molecular formula is C18H21F3N4O. The Morgan fingerprint density at radius 3 is 2.62 bits per heavy atom. The van der Waals surface area contributed by atoms with Gasteiger partial charge in [-0.3, -0.25) is 0 Å². The zero-order chi connectivity index (χ0) is 18.7. The summed E-state index contributed by atoms with van der Waals surface area (Å²) in [5.74, 6) is 0.129. The Hall–Kier alpha value is -2.35. The Morgan fingerprint density at radius 1 is 1.23 bits per heavy atom. The summed E-state index contributed by atoms with van der Waals surface area (Å²) in [6, 6.07) is 5.45. The van der Waals surface area contributed by atoms with Gasteiger partial charge < -0.3 is 15.7 Å². The average molecular weight is 366 g/mol. The largest absolute Gasteiger partial charge is 0.507 e. The number of aromatic hydroxyl groups is 1. The van der Waals surface area contributed by atoms with Gasteiger partial charge in [0, 0.05) is 18.2 Å². The van der Waals surface area contributed by atoms with Crippen LogP contribution in [0.4, 0.5) is 19.0 Å². The van der Waals surface area contributed by atoms with Crippen molar-refractivity contribution in [3.05, 3.63) is 35.4 Å². The topological polar surface area (TPSA) is 70.1 Å². The van der Waals surface area contributed by atoms with E-state index < -0.39 is 17.5 Å². The number of nitrogens with one attached hydrogen (secondary N) is 2. The van der Waals surface area contributed by atoms with Gasteiger partial charge in [0.25, 0.3) is 0 Å². The van der Waals surface area contributed by atoms with Crippen LogP contribution in [0.15, 0.2) is 24.3 Å². The Bertz CT molecular complexity index is 733. The number of hydrogen-bond donors (Lipinski definition) is 3. The van der Waals surface area contributed by atoms with Crippen molar-refractivity contribution in [1.29, 1.82) is 0 Å². The summed E-state index contributed by atoms with van der Waals surface area (Å²) in [5.41, 5.74) is -0.0118. The number of anilines is 1. The molecule has 2 aromatic rings.